The lowest BCUT2D eigenvalue weighted by atomic mass is 10.2. The molecule has 0 aliphatic rings. The molecular formula is C14H11ClN4O. The Morgan fingerprint density at radius 3 is 2.70 bits per heavy atom. The predicted molar refractivity (Wildman–Crippen MR) is 76.9 cm³/mol. The van der Waals surface area contributed by atoms with Gasteiger partial charge >= 0.3 is 0 Å². The normalized spacial score (nSPS) is 10.9. The van der Waals surface area contributed by atoms with Crippen LogP contribution in [0.15, 0.2) is 41.2 Å². The van der Waals surface area contributed by atoms with Crippen molar-refractivity contribution < 1.29 is 0 Å². The van der Waals surface area contributed by atoms with Crippen molar-refractivity contribution in [1.82, 2.24) is 19.7 Å². The van der Waals surface area contributed by atoms with E-state index in [0.717, 1.165) is 11.0 Å². The van der Waals surface area contributed by atoms with Gasteiger partial charge in [-0.05, 0) is 31.2 Å². The lowest BCUT2D eigenvalue weighted by Crippen LogP contribution is -2.25. The highest BCUT2D eigenvalue weighted by atomic mass is 35.5. The lowest BCUT2D eigenvalue weighted by molar-refractivity contribution is 0.738. The highest BCUT2D eigenvalue weighted by molar-refractivity contribution is 6.29. The molecule has 3 aromatic rings. The monoisotopic (exact) mass is 286 g/mol. The second-order valence-electron chi connectivity index (χ2n) is 4.42. The quantitative estimate of drug-likeness (QED) is 0.724. The maximum Gasteiger partial charge on any atom is 0.272 e. The fourth-order valence-electron chi connectivity index (χ4n) is 2.07. The van der Waals surface area contributed by atoms with Crippen LogP contribution < -0.4 is 5.56 Å². The maximum atomic E-state index is 12.3. The molecular weight excluding hydrogens is 276 g/mol. The van der Waals surface area contributed by atoms with E-state index in [9.17, 15) is 4.79 Å². The zero-order valence-electron chi connectivity index (χ0n) is 10.7. The zero-order chi connectivity index (χ0) is 14.1. The minimum absolute atomic E-state index is 0.125. The summed E-state index contributed by atoms with van der Waals surface area (Å²) < 4.78 is 1.65. The highest BCUT2D eigenvalue weighted by Crippen LogP contribution is 2.11. The van der Waals surface area contributed by atoms with Crippen molar-refractivity contribution in [2.24, 2.45) is 0 Å². The number of hydrogen-bond donors (Lipinski definition) is 0. The van der Waals surface area contributed by atoms with E-state index >= 15 is 0 Å². The topological polar surface area (TPSA) is 60.7 Å². The van der Waals surface area contributed by atoms with Crippen LogP contribution in [-0.2, 0) is 6.54 Å². The molecule has 100 valence electrons. The lowest BCUT2D eigenvalue weighted by Gasteiger charge is -2.10. The molecule has 6 heteroatoms. The molecule has 2 heterocycles. The summed E-state index contributed by atoms with van der Waals surface area (Å²) in [5, 5.41) is 8.11. The Morgan fingerprint density at radius 2 is 1.95 bits per heavy atom. The molecule has 0 N–H and O–H groups in total. The third kappa shape index (κ3) is 2.28. The van der Waals surface area contributed by atoms with Crippen molar-refractivity contribution in [2.75, 3.05) is 0 Å². The van der Waals surface area contributed by atoms with Crippen LogP contribution in [0.25, 0.3) is 11.0 Å². The van der Waals surface area contributed by atoms with E-state index in [2.05, 4.69) is 15.2 Å². The van der Waals surface area contributed by atoms with Gasteiger partial charge in [-0.1, -0.05) is 23.7 Å². The van der Waals surface area contributed by atoms with Crippen LogP contribution in [0.3, 0.4) is 0 Å². The number of halogens is 1. The first-order valence-corrected chi connectivity index (χ1v) is 6.47. The summed E-state index contributed by atoms with van der Waals surface area (Å²) in [5.41, 5.74) is 2.57. The molecule has 2 aromatic heterocycles. The van der Waals surface area contributed by atoms with E-state index < -0.39 is 0 Å². The van der Waals surface area contributed by atoms with E-state index in [1.54, 1.807) is 23.6 Å². The van der Waals surface area contributed by atoms with Gasteiger partial charge in [0.15, 0.2) is 5.15 Å². The third-order valence-corrected chi connectivity index (χ3v) is 3.22. The van der Waals surface area contributed by atoms with E-state index in [4.69, 9.17) is 11.6 Å². The molecule has 0 amide bonds. The minimum Gasteiger partial charge on any atom is -0.299 e. The number of rotatable bonds is 2. The third-order valence-electron chi connectivity index (χ3n) is 3.02. The first-order chi connectivity index (χ1) is 9.65. The number of nitrogens with zero attached hydrogens (tertiary/aromatic N) is 4. The summed E-state index contributed by atoms with van der Waals surface area (Å²) >= 11 is 5.71. The average Bonchev–Trinajstić information content (AvgIpc) is 2.46. The maximum absolute atomic E-state index is 12.3. The Morgan fingerprint density at radius 1 is 1.15 bits per heavy atom. The van der Waals surface area contributed by atoms with Crippen molar-refractivity contribution >= 4 is 22.6 Å². The average molecular weight is 287 g/mol. The Hall–Kier alpha value is -2.27. The number of aromatic nitrogens is 4. The number of aryl methyl sites for hydroxylation is 1. The molecule has 0 spiro atoms. The van der Waals surface area contributed by atoms with Gasteiger partial charge in [0.25, 0.3) is 5.56 Å². The van der Waals surface area contributed by atoms with Gasteiger partial charge in [-0.15, -0.1) is 5.10 Å². The first-order valence-electron chi connectivity index (χ1n) is 6.09. The number of para-hydroxylation sites is 2. The number of fused-ring (bicyclic) bond motifs is 1. The number of hydrogen-bond acceptors (Lipinski definition) is 4. The van der Waals surface area contributed by atoms with Crippen LogP contribution in [-0.4, -0.2) is 19.7 Å². The van der Waals surface area contributed by atoms with Gasteiger partial charge in [-0.3, -0.25) is 9.36 Å². The van der Waals surface area contributed by atoms with Crippen LogP contribution in [0, 0.1) is 6.92 Å². The van der Waals surface area contributed by atoms with Crippen molar-refractivity contribution in [3.05, 3.63) is 63.3 Å². The van der Waals surface area contributed by atoms with E-state index in [1.807, 2.05) is 24.3 Å². The minimum atomic E-state index is -0.125. The summed E-state index contributed by atoms with van der Waals surface area (Å²) in [5.74, 6) is 0. The Bertz CT molecular complexity index is 827. The molecule has 20 heavy (non-hydrogen) atoms. The van der Waals surface area contributed by atoms with Gasteiger partial charge in [0.1, 0.15) is 5.69 Å². The van der Waals surface area contributed by atoms with Crippen LogP contribution in [0.1, 0.15) is 11.4 Å². The molecule has 0 fully saturated rings. The molecule has 0 aliphatic carbocycles. The standard InChI is InChI=1S/C14H11ClN4O/c1-9-14(20)19(8-10-6-7-13(15)18-17-10)12-5-3-2-4-11(12)16-9/h2-7H,8H2,1H3. The van der Waals surface area contributed by atoms with E-state index in [0.29, 0.717) is 23.1 Å². The summed E-state index contributed by atoms with van der Waals surface area (Å²) in [6.45, 7) is 2.05. The van der Waals surface area contributed by atoms with Gasteiger partial charge in [0.2, 0.25) is 0 Å². The second-order valence-corrected chi connectivity index (χ2v) is 4.81. The van der Waals surface area contributed by atoms with E-state index in [-0.39, 0.29) is 5.56 Å². The van der Waals surface area contributed by atoms with Crippen LogP contribution in [0.2, 0.25) is 5.15 Å². The van der Waals surface area contributed by atoms with Crippen molar-refractivity contribution in [2.45, 2.75) is 13.5 Å². The first kappa shape index (κ1) is 12.7. The highest BCUT2D eigenvalue weighted by Gasteiger charge is 2.09. The molecule has 3 rings (SSSR count). The summed E-state index contributed by atoms with van der Waals surface area (Å²) in [6, 6.07) is 10.9. The molecule has 1 aromatic carbocycles. The second kappa shape index (κ2) is 5.02. The van der Waals surface area contributed by atoms with Crippen LogP contribution in [0.5, 0.6) is 0 Å². The fraction of sp³-hybridized carbons (Fsp3) is 0.143. The molecule has 0 atom stereocenters. The molecule has 0 aliphatic heterocycles. The van der Waals surface area contributed by atoms with Gasteiger partial charge in [-0.25, -0.2) is 4.98 Å². The van der Waals surface area contributed by atoms with Crippen molar-refractivity contribution in [1.29, 1.82) is 0 Å². The summed E-state index contributed by atoms with van der Waals surface area (Å²) in [4.78, 5) is 16.6. The van der Waals surface area contributed by atoms with Crippen molar-refractivity contribution in [3.63, 3.8) is 0 Å². The molecule has 0 saturated heterocycles. The smallest absolute Gasteiger partial charge is 0.272 e. The SMILES string of the molecule is Cc1nc2ccccc2n(Cc2ccc(Cl)nn2)c1=O. The van der Waals surface area contributed by atoms with Crippen LogP contribution in [0.4, 0.5) is 0 Å². The zero-order valence-corrected chi connectivity index (χ0v) is 11.5. The summed E-state index contributed by atoms with van der Waals surface area (Å²) in [7, 11) is 0. The van der Waals surface area contributed by atoms with Gasteiger partial charge in [-0.2, -0.15) is 5.10 Å². The molecule has 5 nitrogen and oxygen atoms in total. The van der Waals surface area contributed by atoms with E-state index in [1.165, 1.54) is 0 Å². The van der Waals surface area contributed by atoms with Crippen molar-refractivity contribution in [3.8, 4) is 0 Å². The number of benzene rings is 1. The largest absolute Gasteiger partial charge is 0.299 e. The predicted octanol–water partition coefficient (Wildman–Crippen LogP) is 2.20. The van der Waals surface area contributed by atoms with Crippen LogP contribution >= 0.6 is 11.6 Å². The molecule has 0 radical (unpaired) electrons. The Labute approximate surface area is 119 Å². The Balaban J connectivity index is 2.17. The fourth-order valence-corrected chi connectivity index (χ4v) is 2.17. The molecule has 0 bridgehead atoms. The van der Waals surface area contributed by atoms with Gasteiger partial charge in [0.05, 0.1) is 23.3 Å². The Kier molecular flexibility index (Phi) is 3.20. The summed E-state index contributed by atoms with van der Waals surface area (Å²) in [6.07, 6.45) is 0. The van der Waals surface area contributed by atoms with Gasteiger partial charge < -0.3 is 0 Å². The molecule has 0 unspecified atom stereocenters. The molecule has 0 saturated carbocycles. The van der Waals surface area contributed by atoms with Gasteiger partial charge in [0, 0.05) is 0 Å².